The summed E-state index contributed by atoms with van der Waals surface area (Å²) in [6.07, 6.45) is 2.92. The van der Waals surface area contributed by atoms with Gasteiger partial charge in [-0.15, -0.1) is 4.99 Å². The molecule has 1 N–H and O–H groups in total. The second-order valence-electron chi connectivity index (χ2n) is 6.65. The number of nitrogens with zero attached hydrogens (tertiary/aromatic N) is 4. The van der Waals surface area contributed by atoms with Gasteiger partial charge in [-0.05, 0) is 51.6 Å². The van der Waals surface area contributed by atoms with Gasteiger partial charge in [0.15, 0.2) is 0 Å². The fourth-order valence-corrected chi connectivity index (χ4v) is 3.57. The van der Waals surface area contributed by atoms with E-state index in [-0.39, 0.29) is 12.1 Å². The summed E-state index contributed by atoms with van der Waals surface area (Å²) >= 11 is 0. The van der Waals surface area contributed by atoms with Gasteiger partial charge in [0.05, 0.1) is 17.1 Å². The van der Waals surface area contributed by atoms with Crippen molar-refractivity contribution in [2.75, 3.05) is 13.6 Å². The van der Waals surface area contributed by atoms with E-state index in [1.165, 1.54) is 5.56 Å². The number of para-hydroxylation sites is 2. The van der Waals surface area contributed by atoms with E-state index in [9.17, 15) is 5.26 Å². The summed E-state index contributed by atoms with van der Waals surface area (Å²) in [5, 5.41) is 12.6. The lowest BCUT2D eigenvalue weighted by Crippen LogP contribution is -2.31. The zero-order valence-electron chi connectivity index (χ0n) is 15.6. The zero-order chi connectivity index (χ0) is 18.5. The van der Waals surface area contributed by atoms with Gasteiger partial charge >= 0.3 is 0 Å². The van der Waals surface area contributed by atoms with Crippen LogP contribution in [0.15, 0.2) is 59.6 Å². The molecule has 1 heterocycles. The van der Waals surface area contributed by atoms with Gasteiger partial charge in [-0.25, -0.2) is 0 Å². The molecule has 0 aliphatic heterocycles. The Morgan fingerprint density at radius 1 is 1.00 bits per heavy atom. The molecule has 0 aliphatic carbocycles. The highest BCUT2D eigenvalue weighted by Crippen LogP contribution is 2.26. The Kier molecular flexibility index (Phi) is 5.55. The molecule has 3 aromatic rings. The minimum Gasteiger partial charge on any atom is -0.320 e. The standard InChI is InChI=1S/C21H25N5/c1-16(2)25-19-11-7-8-12-20(19)26(21(25)24-15-22)18(13-14-23-3)17-9-5-4-6-10-17/h4-12,16,18,23H,13-14H2,1-3H3/b24-21+/t18-/m1/s1. The monoisotopic (exact) mass is 347 g/mol. The first-order chi connectivity index (χ1) is 12.7. The number of hydrogen-bond acceptors (Lipinski definition) is 3. The Hall–Kier alpha value is -2.84. The molecule has 2 aromatic carbocycles. The van der Waals surface area contributed by atoms with Crippen LogP contribution < -0.4 is 10.9 Å². The Balaban J connectivity index is 2.36. The third-order valence-corrected chi connectivity index (χ3v) is 4.66. The van der Waals surface area contributed by atoms with E-state index in [1.807, 2.05) is 31.4 Å². The van der Waals surface area contributed by atoms with Gasteiger partial charge in [0.2, 0.25) is 11.8 Å². The normalized spacial score (nSPS) is 13.3. The number of nitriles is 1. The minimum absolute atomic E-state index is 0.0978. The van der Waals surface area contributed by atoms with Crippen LogP contribution in [0, 0.1) is 11.5 Å². The van der Waals surface area contributed by atoms with Gasteiger partial charge < -0.3 is 14.5 Å². The molecule has 1 aromatic heterocycles. The summed E-state index contributed by atoms with van der Waals surface area (Å²) < 4.78 is 4.36. The molecule has 5 nitrogen and oxygen atoms in total. The first-order valence-electron chi connectivity index (χ1n) is 9.02. The topological polar surface area (TPSA) is 58.0 Å². The minimum atomic E-state index is 0.0978. The van der Waals surface area contributed by atoms with Crippen molar-refractivity contribution >= 4 is 11.0 Å². The lowest BCUT2D eigenvalue weighted by molar-refractivity contribution is 0.489. The van der Waals surface area contributed by atoms with Gasteiger partial charge in [0.25, 0.3) is 0 Å². The summed E-state index contributed by atoms with van der Waals surface area (Å²) in [4.78, 5) is 4.23. The molecule has 26 heavy (non-hydrogen) atoms. The smallest absolute Gasteiger partial charge is 0.222 e. The van der Waals surface area contributed by atoms with Gasteiger partial charge in [0.1, 0.15) is 0 Å². The van der Waals surface area contributed by atoms with E-state index < -0.39 is 0 Å². The lowest BCUT2D eigenvalue weighted by atomic mass is 10.0. The molecule has 0 fully saturated rings. The molecule has 0 unspecified atom stereocenters. The van der Waals surface area contributed by atoms with Crippen LogP contribution in [-0.4, -0.2) is 22.7 Å². The number of nitrogens with one attached hydrogen (secondary N) is 1. The summed E-state index contributed by atoms with van der Waals surface area (Å²) in [5.74, 6) is 0. The molecule has 0 saturated carbocycles. The van der Waals surface area contributed by atoms with Crippen LogP contribution in [-0.2, 0) is 0 Å². The zero-order valence-corrected chi connectivity index (χ0v) is 15.6. The molecule has 134 valence electrons. The van der Waals surface area contributed by atoms with E-state index in [2.05, 4.69) is 69.7 Å². The van der Waals surface area contributed by atoms with Crippen LogP contribution in [0.1, 0.15) is 37.9 Å². The maximum atomic E-state index is 9.35. The van der Waals surface area contributed by atoms with Crippen molar-refractivity contribution in [3.8, 4) is 6.19 Å². The van der Waals surface area contributed by atoms with E-state index in [4.69, 9.17) is 0 Å². The molecule has 0 radical (unpaired) electrons. The average Bonchev–Trinajstić information content (AvgIpc) is 2.98. The van der Waals surface area contributed by atoms with Crippen molar-refractivity contribution in [1.82, 2.24) is 14.5 Å². The van der Waals surface area contributed by atoms with E-state index in [0.717, 1.165) is 24.0 Å². The predicted molar refractivity (Wildman–Crippen MR) is 105 cm³/mol. The molecule has 0 saturated heterocycles. The van der Waals surface area contributed by atoms with Crippen LogP contribution in [0.4, 0.5) is 0 Å². The Morgan fingerprint density at radius 2 is 1.62 bits per heavy atom. The average molecular weight is 347 g/mol. The fraction of sp³-hybridized carbons (Fsp3) is 0.333. The molecular weight excluding hydrogens is 322 g/mol. The number of imidazole rings is 1. The van der Waals surface area contributed by atoms with Crippen molar-refractivity contribution in [3.05, 3.63) is 65.8 Å². The summed E-state index contributed by atoms with van der Waals surface area (Å²) in [5.41, 5.74) is 4.12. The van der Waals surface area contributed by atoms with Gasteiger partial charge in [-0.1, -0.05) is 42.5 Å². The first-order valence-corrected chi connectivity index (χ1v) is 9.02. The molecule has 1 atom stereocenters. The van der Waals surface area contributed by atoms with Crippen LogP contribution in [0.25, 0.3) is 11.0 Å². The molecule has 0 aliphatic rings. The van der Waals surface area contributed by atoms with Crippen molar-refractivity contribution in [1.29, 1.82) is 5.26 Å². The largest absolute Gasteiger partial charge is 0.320 e. The van der Waals surface area contributed by atoms with Gasteiger partial charge in [-0.2, -0.15) is 5.26 Å². The Labute approximate surface area is 154 Å². The van der Waals surface area contributed by atoms with Crippen molar-refractivity contribution in [2.24, 2.45) is 4.99 Å². The number of fused-ring (bicyclic) bond motifs is 1. The van der Waals surface area contributed by atoms with Crippen molar-refractivity contribution in [2.45, 2.75) is 32.4 Å². The van der Waals surface area contributed by atoms with E-state index in [1.54, 1.807) is 0 Å². The highest BCUT2D eigenvalue weighted by molar-refractivity contribution is 5.76. The second kappa shape index (κ2) is 8.03. The highest BCUT2D eigenvalue weighted by atomic mass is 15.2. The lowest BCUT2D eigenvalue weighted by Gasteiger charge is -2.20. The van der Waals surface area contributed by atoms with Crippen molar-refractivity contribution < 1.29 is 0 Å². The second-order valence-corrected chi connectivity index (χ2v) is 6.65. The SMILES string of the molecule is CNCC[C@H](c1ccccc1)n1/c(=N/C#N)n(C(C)C)c2ccccc21. The molecule has 5 heteroatoms. The molecule has 0 spiro atoms. The Bertz CT molecular complexity index is 973. The number of benzene rings is 2. The Morgan fingerprint density at radius 3 is 2.19 bits per heavy atom. The third kappa shape index (κ3) is 3.29. The summed E-state index contributed by atoms with van der Waals surface area (Å²) in [6.45, 7) is 5.12. The number of rotatable bonds is 6. The predicted octanol–water partition coefficient (Wildman–Crippen LogP) is 3.60. The maximum Gasteiger partial charge on any atom is 0.222 e. The molecule has 0 amide bonds. The molecular formula is C21H25N5. The van der Waals surface area contributed by atoms with Crippen LogP contribution in [0.2, 0.25) is 0 Å². The van der Waals surface area contributed by atoms with Gasteiger partial charge in [0, 0.05) is 6.04 Å². The van der Waals surface area contributed by atoms with Crippen molar-refractivity contribution in [3.63, 3.8) is 0 Å². The van der Waals surface area contributed by atoms with E-state index in [0.29, 0.717) is 5.62 Å². The third-order valence-electron chi connectivity index (χ3n) is 4.66. The number of hydrogen-bond donors (Lipinski definition) is 1. The van der Waals surface area contributed by atoms with Crippen LogP contribution >= 0.6 is 0 Å². The molecule has 0 bridgehead atoms. The summed E-state index contributed by atoms with van der Waals surface area (Å²) in [7, 11) is 1.96. The van der Waals surface area contributed by atoms with E-state index >= 15 is 0 Å². The number of aromatic nitrogens is 2. The fourth-order valence-electron chi connectivity index (χ4n) is 3.57. The summed E-state index contributed by atoms with van der Waals surface area (Å²) in [6, 6.07) is 19.0. The van der Waals surface area contributed by atoms with Gasteiger partial charge in [-0.3, -0.25) is 0 Å². The highest BCUT2D eigenvalue weighted by Gasteiger charge is 2.21. The quantitative estimate of drug-likeness (QED) is 0.693. The molecule has 3 rings (SSSR count). The van der Waals surface area contributed by atoms with Crippen LogP contribution in [0.5, 0.6) is 0 Å². The van der Waals surface area contributed by atoms with Crippen LogP contribution in [0.3, 0.4) is 0 Å². The maximum absolute atomic E-state index is 9.35. The first kappa shape index (κ1) is 18.0.